The topological polar surface area (TPSA) is 111 Å². The van der Waals surface area contributed by atoms with Crippen molar-refractivity contribution in [1.29, 1.82) is 0 Å². The maximum absolute atomic E-state index is 12.5. The van der Waals surface area contributed by atoms with Gasteiger partial charge in [-0.25, -0.2) is 13.2 Å². The molecule has 1 N–H and O–H groups in total. The van der Waals surface area contributed by atoms with Crippen molar-refractivity contribution in [3.8, 4) is 0 Å². The van der Waals surface area contributed by atoms with Crippen LogP contribution in [0, 0.1) is 0 Å². The van der Waals surface area contributed by atoms with Crippen LogP contribution >= 0.6 is 0 Å². The van der Waals surface area contributed by atoms with E-state index in [2.05, 4.69) is 14.9 Å². The molecule has 0 fully saturated rings. The number of carbonyl (C=O) groups is 1. The quantitative estimate of drug-likeness (QED) is 0.588. The van der Waals surface area contributed by atoms with Crippen LogP contribution in [-0.4, -0.2) is 24.5 Å². The minimum Gasteiger partial charge on any atom is -0.449 e. The molecule has 0 bridgehead atoms. The highest BCUT2D eigenvalue weighted by molar-refractivity contribution is 7.92. The van der Waals surface area contributed by atoms with Gasteiger partial charge in [-0.1, -0.05) is 50.2 Å². The summed E-state index contributed by atoms with van der Waals surface area (Å²) in [5.41, 5.74) is 0.134. The molecule has 0 spiro atoms. The zero-order chi connectivity index (χ0) is 21.9. The van der Waals surface area contributed by atoms with E-state index < -0.39 is 22.1 Å². The van der Waals surface area contributed by atoms with E-state index in [-0.39, 0.29) is 27.5 Å². The summed E-state index contributed by atoms with van der Waals surface area (Å²) in [6, 6.07) is 14.0. The summed E-state index contributed by atoms with van der Waals surface area (Å²) in [6.07, 6.45) is -0.759. The van der Waals surface area contributed by atoms with Crippen LogP contribution in [0.3, 0.4) is 0 Å². The number of esters is 1. The number of hydrogen-bond donors (Lipinski definition) is 1. The van der Waals surface area contributed by atoms with Crippen LogP contribution < -0.4 is 4.72 Å². The molecule has 3 rings (SSSR count). The standard InChI is InChI=1S/C21H23N3O5S/c1-14(18-22-20(23-29-18)21(2,3)4)28-19(25)15-9-8-10-16(13-15)24-30(26,27)17-11-6-5-7-12-17/h5-14,24H,1-4H3. The van der Waals surface area contributed by atoms with Gasteiger partial charge in [-0.2, -0.15) is 4.98 Å². The molecule has 0 saturated heterocycles. The molecule has 2 aromatic carbocycles. The Labute approximate surface area is 175 Å². The SMILES string of the molecule is CC(OC(=O)c1cccc(NS(=O)(=O)c2ccccc2)c1)c1nc(C(C)(C)C)no1. The Morgan fingerprint density at radius 3 is 2.43 bits per heavy atom. The van der Waals surface area contributed by atoms with Gasteiger partial charge in [-0.3, -0.25) is 4.72 Å². The number of nitrogens with one attached hydrogen (secondary N) is 1. The minimum atomic E-state index is -3.77. The molecule has 3 aromatic rings. The molecular weight excluding hydrogens is 406 g/mol. The van der Waals surface area contributed by atoms with Crippen molar-refractivity contribution in [2.24, 2.45) is 0 Å². The highest BCUT2D eigenvalue weighted by atomic mass is 32.2. The molecule has 1 aromatic heterocycles. The van der Waals surface area contributed by atoms with Crippen LogP contribution in [0.25, 0.3) is 0 Å². The first-order valence-electron chi connectivity index (χ1n) is 9.29. The largest absolute Gasteiger partial charge is 0.449 e. The van der Waals surface area contributed by atoms with Crippen molar-refractivity contribution >= 4 is 21.7 Å². The highest BCUT2D eigenvalue weighted by Crippen LogP contribution is 2.24. The van der Waals surface area contributed by atoms with E-state index in [0.29, 0.717) is 5.82 Å². The average molecular weight is 429 g/mol. The molecule has 0 saturated carbocycles. The lowest BCUT2D eigenvalue weighted by Gasteiger charge is -2.12. The van der Waals surface area contributed by atoms with Gasteiger partial charge >= 0.3 is 5.97 Å². The van der Waals surface area contributed by atoms with E-state index in [4.69, 9.17) is 9.26 Å². The maximum atomic E-state index is 12.5. The second-order valence-corrected chi connectivity index (χ2v) is 9.44. The van der Waals surface area contributed by atoms with Gasteiger partial charge < -0.3 is 9.26 Å². The van der Waals surface area contributed by atoms with Gasteiger partial charge in [0.25, 0.3) is 15.9 Å². The third-order valence-corrected chi connectivity index (χ3v) is 5.55. The Bertz CT molecular complexity index is 1130. The highest BCUT2D eigenvalue weighted by Gasteiger charge is 2.25. The Morgan fingerprint density at radius 2 is 1.80 bits per heavy atom. The van der Waals surface area contributed by atoms with Gasteiger partial charge in [0.1, 0.15) is 0 Å². The molecule has 0 amide bonds. The Morgan fingerprint density at radius 1 is 1.10 bits per heavy atom. The van der Waals surface area contributed by atoms with E-state index in [1.54, 1.807) is 37.3 Å². The first-order valence-corrected chi connectivity index (χ1v) is 10.8. The van der Waals surface area contributed by atoms with Gasteiger partial charge in [-0.05, 0) is 37.3 Å². The van der Waals surface area contributed by atoms with Crippen LogP contribution in [-0.2, 0) is 20.2 Å². The number of nitrogens with zero attached hydrogens (tertiary/aromatic N) is 2. The van der Waals surface area contributed by atoms with Gasteiger partial charge in [0.05, 0.1) is 10.5 Å². The third kappa shape index (κ3) is 5.04. The smallest absolute Gasteiger partial charge is 0.338 e. The maximum Gasteiger partial charge on any atom is 0.338 e. The van der Waals surface area contributed by atoms with E-state index in [0.717, 1.165) is 0 Å². The van der Waals surface area contributed by atoms with E-state index in [9.17, 15) is 13.2 Å². The average Bonchev–Trinajstić information content (AvgIpc) is 3.19. The lowest BCUT2D eigenvalue weighted by molar-refractivity contribution is 0.0265. The molecular formula is C21H23N3O5S. The zero-order valence-corrected chi connectivity index (χ0v) is 17.9. The second kappa shape index (κ2) is 8.27. The third-order valence-electron chi connectivity index (χ3n) is 4.15. The summed E-state index contributed by atoms with van der Waals surface area (Å²) in [6.45, 7) is 7.46. The normalized spacial score (nSPS) is 12.9. The van der Waals surface area contributed by atoms with Crippen molar-refractivity contribution in [2.45, 2.75) is 44.1 Å². The van der Waals surface area contributed by atoms with Crippen molar-refractivity contribution in [2.75, 3.05) is 4.72 Å². The number of aromatic nitrogens is 2. The number of benzene rings is 2. The van der Waals surface area contributed by atoms with Gasteiger partial charge in [0, 0.05) is 11.1 Å². The summed E-state index contributed by atoms with van der Waals surface area (Å²) in [4.78, 5) is 16.9. The summed E-state index contributed by atoms with van der Waals surface area (Å²) < 4.78 is 38.0. The van der Waals surface area contributed by atoms with E-state index in [1.165, 1.54) is 24.3 Å². The molecule has 9 heteroatoms. The second-order valence-electron chi connectivity index (χ2n) is 7.75. The zero-order valence-electron chi connectivity index (χ0n) is 17.1. The van der Waals surface area contributed by atoms with Crippen LogP contribution in [0.1, 0.15) is 55.9 Å². The number of carbonyl (C=O) groups excluding carboxylic acids is 1. The lowest BCUT2D eigenvalue weighted by Crippen LogP contribution is -2.15. The molecule has 0 aliphatic rings. The van der Waals surface area contributed by atoms with Gasteiger partial charge in [0.15, 0.2) is 11.9 Å². The van der Waals surface area contributed by atoms with Crippen LogP contribution in [0.4, 0.5) is 5.69 Å². The van der Waals surface area contributed by atoms with Crippen molar-refractivity contribution in [1.82, 2.24) is 10.1 Å². The molecule has 8 nitrogen and oxygen atoms in total. The number of hydrogen-bond acceptors (Lipinski definition) is 7. The van der Waals surface area contributed by atoms with Crippen molar-refractivity contribution in [3.63, 3.8) is 0 Å². The Hall–Kier alpha value is -3.20. The first kappa shape index (κ1) is 21.5. The molecule has 30 heavy (non-hydrogen) atoms. The number of anilines is 1. The van der Waals surface area contributed by atoms with Crippen LogP contribution in [0.2, 0.25) is 0 Å². The van der Waals surface area contributed by atoms with E-state index >= 15 is 0 Å². The molecule has 1 unspecified atom stereocenters. The molecule has 0 radical (unpaired) electrons. The number of ether oxygens (including phenoxy) is 1. The molecule has 158 valence electrons. The molecule has 0 aliphatic heterocycles. The summed E-state index contributed by atoms with van der Waals surface area (Å²) in [5.74, 6) is 0.0608. The van der Waals surface area contributed by atoms with E-state index in [1.807, 2.05) is 20.8 Å². The Kier molecular flexibility index (Phi) is 5.93. The fourth-order valence-corrected chi connectivity index (χ4v) is 3.58. The summed E-state index contributed by atoms with van der Waals surface area (Å²) in [5, 5.41) is 3.92. The van der Waals surface area contributed by atoms with Crippen molar-refractivity contribution in [3.05, 3.63) is 71.9 Å². The lowest BCUT2D eigenvalue weighted by atomic mass is 9.96. The molecule has 0 aliphatic carbocycles. The predicted molar refractivity (Wildman–Crippen MR) is 111 cm³/mol. The first-order chi connectivity index (χ1) is 14.1. The Balaban J connectivity index is 1.72. The fourth-order valence-electron chi connectivity index (χ4n) is 2.51. The monoisotopic (exact) mass is 429 g/mol. The molecule has 1 heterocycles. The minimum absolute atomic E-state index is 0.123. The van der Waals surface area contributed by atoms with Gasteiger partial charge in [0.2, 0.25) is 0 Å². The van der Waals surface area contributed by atoms with Crippen molar-refractivity contribution < 1.29 is 22.5 Å². The summed E-state index contributed by atoms with van der Waals surface area (Å²) in [7, 11) is -3.77. The van der Waals surface area contributed by atoms with Crippen LogP contribution in [0.15, 0.2) is 64.0 Å². The summed E-state index contributed by atoms with van der Waals surface area (Å²) >= 11 is 0. The van der Waals surface area contributed by atoms with Crippen LogP contribution in [0.5, 0.6) is 0 Å². The fraction of sp³-hybridized carbons (Fsp3) is 0.286. The number of sulfonamides is 1. The molecule has 1 atom stereocenters. The number of rotatable bonds is 6. The van der Waals surface area contributed by atoms with Gasteiger partial charge in [-0.15, -0.1) is 0 Å². The predicted octanol–water partition coefficient (Wildman–Crippen LogP) is 4.09.